The van der Waals surface area contributed by atoms with Crippen LogP contribution in [0.15, 0.2) is 0 Å². The van der Waals surface area contributed by atoms with Crippen molar-refractivity contribution in [2.45, 2.75) is 34.1 Å². The predicted octanol–water partition coefficient (Wildman–Crippen LogP) is 1.62. The molecule has 0 unspecified atom stereocenters. The second-order valence-electron chi connectivity index (χ2n) is 2.97. The van der Waals surface area contributed by atoms with Crippen LogP contribution in [0.25, 0.3) is 0 Å². The SMILES string of the molecule is CC(C)(C=O)CO.CCC. The first-order chi connectivity index (χ1) is 4.54. The Balaban J connectivity index is 0. The fourth-order valence-electron chi connectivity index (χ4n) is 0.0373. The van der Waals surface area contributed by atoms with Gasteiger partial charge in [-0.3, -0.25) is 0 Å². The lowest BCUT2D eigenvalue weighted by atomic mass is 9.98. The van der Waals surface area contributed by atoms with Crippen molar-refractivity contribution in [1.82, 2.24) is 0 Å². The van der Waals surface area contributed by atoms with Crippen LogP contribution < -0.4 is 0 Å². The molecule has 0 bridgehead atoms. The van der Waals surface area contributed by atoms with Crippen molar-refractivity contribution >= 4 is 6.29 Å². The third-order valence-corrected chi connectivity index (χ3v) is 0.727. The number of aliphatic hydroxyl groups excluding tert-OH is 1. The molecule has 0 atom stereocenters. The van der Waals surface area contributed by atoms with Gasteiger partial charge in [0.15, 0.2) is 0 Å². The van der Waals surface area contributed by atoms with Gasteiger partial charge < -0.3 is 9.90 Å². The number of carbonyl (C=O) groups is 1. The molecule has 0 aliphatic carbocycles. The van der Waals surface area contributed by atoms with E-state index in [0.717, 1.165) is 6.29 Å². The Labute approximate surface area is 63.3 Å². The molecule has 2 heteroatoms. The molecule has 0 aliphatic heterocycles. The maximum Gasteiger partial charge on any atom is 0.127 e. The molecule has 10 heavy (non-hydrogen) atoms. The van der Waals surface area contributed by atoms with Crippen LogP contribution in [0.5, 0.6) is 0 Å². The van der Waals surface area contributed by atoms with Crippen molar-refractivity contribution in [2.75, 3.05) is 6.61 Å². The number of hydrogen-bond donors (Lipinski definition) is 1. The van der Waals surface area contributed by atoms with E-state index in [2.05, 4.69) is 13.8 Å². The van der Waals surface area contributed by atoms with Crippen LogP contribution in [0, 0.1) is 5.41 Å². The minimum Gasteiger partial charge on any atom is -0.395 e. The third-order valence-electron chi connectivity index (χ3n) is 0.727. The van der Waals surface area contributed by atoms with Gasteiger partial charge in [0.2, 0.25) is 0 Å². The van der Waals surface area contributed by atoms with Crippen molar-refractivity contribution in [3.8, 4) is 0 Å². The Bertz CT molecular complexity index is 77.3. The number of hydrogen-bond acceptors (Lipinski definition) is 2. The summed E-state index contributed by atoms with van der Waals surface area (Å²) in [5.41, 5.74) is -0.542. The van der Waals surface area contributed by atoms with Crippen LogP contribution in [0.2, 0.25) is 0 Å². The van der Waals surface area contributed by atoms with E-state index >= 15 is 0 Å². The first-order valence-electron chi connectivity index (χ1n) is 3.61. The Morgan fingerprint density at radius 3 is 1.70 bits per heavy atom. The molecule has 0 aliphatic rings. The zero-order valence-electron chi connectivity index (χ0n) is 7.35. The highest BCUT2D eigenvalue weighted by Gasteiger charge is 2.12. The molecule has 0 radical (unpaired) electrons. The second-order valence-corrected chi connectivity index (χ2v) is 2.97. The Hall–Kier alpha value is -0.370. The van der Waals surface area contributed by atoms with Crippen LogP contribution in [0.4, 0.5) is 0 Å². The van der Waals surface area contributed by atoms with E-state index in [9.17, 15) is 4.79 Å². The normalized spacial score (nSPS) is 9.70. The van der Waals surface area contributed by atoms with Crippen LogP contribution in [0.1, 0.15) is 34.1 Å². The van der Waals surface area contributed by atoms with Gasteiger partial charge in [-0.2, -0.15) is 0 Å². The summed E-state index contributed by atoms with van der Waals surface area (Å²) in [6.07, 6.45) is 1.99. The van der Waals surface area contributed by atoms with Gasteiger partial charge in [-0.1, -0.05) is 34.1 Å². The first kappa shape index (κ1) is 12.3. The number of aldehydes is 1. The predicted molar refractivity (Wildman–Crippen MR) is 42.9 cm³/mol. The molecule has 0 fully saturated rings. The van der Waals surface area contributed by atoms with Crippen molar-refractivity contribution in [3.05, 3.63) is 0 Å². The van der Waals surface area contributed by atoms with E-state index in [-0.39, 0.29) is 6.61 Å². The van der Waals surface area contributed by atoms with Crippen molar-refractivity contribution < 1.29 is 9.90 Å². The van der Waals surface area contributed by atoms with Gasteiger partial charge in [-0.05, 0) is 0 Å². The largest absolute Gasteiger partial charge is 0.395 e. The summed E-state index contributed by atoms with van der Waals surface area (Å²) in [5, 5.41) is 8.36. The minimum atomic E-state index is -0.542. The van der Waals surface area contributed by atoms with Crippen molar-refractivity contribution in [2.24, 2.45) is 5.41 Å². The second kappa shape index (κ2) is 6.75. The molecule has 0 spiro atoms. The van der Waals surface area contributed by atoms with E-state index in [1.54, 1.807) is 13.8 Å². The fourth-order valence-corrected chi connectivity index (χ4v) is 0.0373. The van der Waals surface area contributed by atoms with Crippen molar-refractivity contribution in [1.29, 1.82) is 0 Å². The minimum absolute atomic E-state index is 0.0729. The van der Waals surface area contributed by atoms with E-state index in [1.807, 2.05) is 0 Å². The summed E-state index contributed by atoms with van der Waals surface area (Å²) in [5.74, 6) is 0. The Morgan fingerprint density at radius 1 is 1.40 bits per heavy atom. The summed E-state index contributed by atoms with van der Waals surface area (Å²) in [6, 6.07) is 0. The lowest BCUT2D eigenvalue weighted by Crippen LogP contribution is -2.17. The highest BCUT2D eigenvalue weighted by atomic mass is 16.3. The molecule has 0 saturated heterocycles. The number of aliphatic hydroxyl groups is 1. The van der Waals surface area contributed by atoms with Gasteiger partial charge in [0.25, 0.3) is 0 Å². The maximum atomic E-state index is 9.90. The lowest BCUT2D eigenvalue weighted by molar-refractivity contribution is -0.116. The summed E-state index contributed by atoms with van der Waals surface area (Å²) in [7, 11) is 0. The van der Waals surface area contributed by atoms with Crippen LogP contribution in [0.3, 0.4) is 0 Å². The quantitative estimate of drug-likeness (QED) is 0.601. The summed E-state index contributed by atoms with van der Waals surface area (Å²) in [6.45, 7) is 7.54. The van der Waals surface area contributed by atoms with Gasteiger partial charge in [-0.15, -0.1) is 0 Å². The Morgan fingerprint density at radius 2 is 1.70 bits per heavy atom. The van der Waals surface area contributed by atoms with E-state index in [1.165, 1.54) is 6.42 Å². The van der Waals surface area contributed by atoms with Crippen LogP contribution >= 0.6 is 0 Å². The van der Waals surface area contributed by atoms with E-state index in [4.69, 9.17) is 5.11 Å². The summed E-state index contributed by atoms with van der Waals surface area (Å²) in [4.78, 5) is 9.90. The van der Waals surface area contributed by atoms with Gasteiger partial charge in [-0.25, -0.2) is 0 Å². The molecule has 1 N–H and O–H groups in total. The molecule has 62 valence electrons. The molecule has 0 aromatic carbocycles. The smallest absolute Gasteiger partial charge is 0.127 e. The standard InChI is InChI=1S/C5H10O2.C3H8/c1-5(2,3-6)4-7;1-3-2/h3,7H,4H2,1-2H3;3H2,1-2H3. The average molecular weight is 146 g/mol. The highest BCUT2D eigenvalue weighted by molar-refractivity contribution is 5.57. The molecule has 0 saturated carbocycles. The third kappa shape index (κ3) is 10.6. The molecule has 2 nitrogen and oxygen atoms in total. The van der Waals surface area contributed by atoms with Crippen LogP contribution in [-0.4, -0.2) is 18.0 Å². The average Bonchev–Trinajstić information content (AvgIpc) is 1.90. The highest BCUT2D eigenvalue weighted by Crippen LogP contribution is 2.06. The lowest BCUT2D eigenvalue weighted by Gasteiger charge is -2.09. The zero-order chi connectivity index (χ0) is 8.62. The zero-order valence-corrected chi connectivity index (χ0v) is 7.35. The molecule has 0 rings (SSSR count). The summed E-state index contributed by atoms with van der Waals surface area (Å²) < 4.78 is 0. The molecular weight excluding hydrogens is 128 g/mol. The van der Waals surface area contributed by atoms with Crippen LogP contribution in [-0.2, 0) is 4.79 Å². The molecule has 0 amide bonds. The van der Waals surface area contributed by atoms with Crippen molar-refractivity contribution in [3.63, 3.8) is 0 Å². The number of rotatable bonds is 2. The van der Waals surface area contributed by atoms with E-state index < -0.39 is 5.41 Å². The molecule has 0 aromatic heterocycles. The van der Waals surface area contributed by atoms with Gasteiger partial charge in [0, 0.05) is 5.41 Å². The van der Waals surface area contributed by atoms with E-state index in [0.29, 0.717) is 0 Å². The topological polar surface area (TPSA) is 37.3 Å². The molecular formula is C8H18O2. The monoisotopic (exact) mass is 146 g/mol. The molecule has 0 heterocycles. The first-order valence-corrected chi connectivity index (χ1v) is 3.61. The Kier molecular flexibility index (Phi) is 8.31. The van der Waals surface area contributed by atoms with Gasteiger partial charge >= 0.3 is 0 Å². The number of carbonyl (C=O) groups excluding carboxylic acids is 1. The van der Waals surface area contributed by atoms with Gasteiger partial charge in [0.1, 0.15) is 6.29 Å². The summed E-state index contributed by atoms with van der Waals surface area (Å²) >= 11 is 0. The van der Waals surface area contributed by atoms with Gasteiger partial charge in [0.05, 0.1) is 6.61 Å². The molecule has 0 aromatic rings. The maximum absolute atomic E-state index is 9.90. The fraction of sp³-hybridized carbons (Fsp3) is 0.875.